The predicted octanol–water partition coefficient (Wildman–Crippen LogP) is 2.74. The van der Waals surface area contributed by atoms with Gasteiger partial charge < -0.3 is 10.5 Å². The molecule has 1 unspecified atom stereocenters. The molecule has 2 N–H and O–H groups in total. The van der Waals surface area contributed by atoms with Crippen LogP contribution in [0.25, 0.3) is 0 Å². The third-order valence-electron chi connectivity index (χ3n) is 1.90. The van der Waals surface area contributed by atoms with Crippen LogP contribution < -0.4 is 10.5 Å². The van der Waals surface area contributed by atoms with E-state index in [4.69, 9.17) is 10.5 Å². The Morgan fingerprint density at radius 3 is 2.79 bits per heavy atom. The lowest BCUT2D eigenvalue weighted by atomic mass is 10.1. The average molecular weight is 258 g/mol. The van der Waals surface area contributed by atoms with E-state index in [0.717, 1.165) is 22.2 Å². The highest BCUT2D eigenvalue weighted by molar-refractivity contribution is 9.10. The minimum atomic E-state index is 0.146. The maximum absolute atomic E-state index is 5.78. The molecule has 0 aromatic heterocycles. The first-order valence-corrected chi connectivity index (χ1v) is 5.60. The maximum atomic E-state index is 5.78. The smallest absolute Gasteiger partial charge is 0.123 e. The van der Waals surface area contributed by atoms with Gasteiger partial charge >= 0.3 is 0 Å². The Labute approximate surface area is 93.6 Å². The summed E-state index contributed by atoms with van der Waals surface area (Å²) < 4.78 is 6.60. The van der Waals surface area contributed by atoms with E-state index in [1.807, 2.05) is 32.0 Å². The minimum Gasteiger partial charge on any atom is -0.494 e. The van der Waals surface area contributed by atoms with Crippen molar-refractivity contribution in [2.24, 2.45) is 5.73 Å². The molecule has 0 radical (unpaired) electrons. The second-order valence-electron chi connectivity index (χ2n) is 3.33. The van der Waals surface area contributed by atoms with E-state index in [9.17, 15) is 0 Å². The van der Waals surface area contributed by atoms with Gasteiger partial charge in [0.1, 0.15) is 5.75 Å². The molecule has 0 spiro atoms. The topological polar surface area (TPSA) is 35.2 Å². The number of benzene rings is 1. The molecule has 0 aliphatic carbocycles. The molecule has 0 heterocycles. The second kappa shape index (κ2) is 5.37. The molecule has 2 nitrogen and oxygen atoms in total. The highest BCUT2D eigenvalue weighted by Crippen LogP contribution is 2.27. The fourth-order valence-corrected chi connectivity index (χ4v) is 1.86. The number of ether oxygens (including phenoxy) is 1. The van der Waals surface area contributed by atoms with Crippen molar-refractivity contribution in [3.8, 4) is 5.75 Å². The van der Waals surface area contributed by atoms with E-state index in [0.29, 0.717) is 6.61 Å². The standard InChI is InChI=1S/C11H16BrNO/c1-3-14-11-6-4-5-10(12)9(11)7-8(2)13/h4-6,8H,3,7,13H2,1-2H3. The zero-order valence-electron chi connectivity index (χ0n) is 8.59. The van der Waals surface area contributed by atoms with Crippen LogP contribution in [0, 0.1) is 0 Å². The quantitative estimate of drug-likeness (QED) is 0.901. The Morgan fingerprint density at radius 2 is 2.21 bits per heavy atom. The molecule has 0 aliphatic rings. The van der Waals surface area contributed by atoms with Crippen molar-refractivity contribution in [1.29, 1.82) is 0 Å². The summed E-state index contributed by atoms with van der Waals surface area (Å²) in [5.74, 6) is 0.930. The SMILES string of the molecule is CCOc1cccc(Br)c1CC(C)N. The summed E-state index contributed by atoms with van der Waals surface area (Å²) in [5, 5.41) is 0. The summed E-state index contributed by atoms with van der Waals surface area (Å²) in [5.41, 5.74) is 6.94. The Kier molecular flexibility index (Phi) is 4.42. The summed E-state index contributed by atoms with van der Waals surface area (Å²) in [6.07, 6.45) is 0.830. The molecule has 0 aliphatic heterocycles. The molecule has 3 heteroatoms. The van der Waals surface area contributed by atoms with Crippen molar-refractivity contribution in [3.63, 3.8) is 0 Å². The van der Waals surface area contributed by atoms with Crippen molar-refractivity contribution in [3.05, 3.63) is 28.2 Å². The maximum Gasteiger partial charge on any atom is 0.123 e. The first-order chi connectivity index (χ1) is 6.65. The van der Waals surface area contributed by atoms with E-state index < -0.39 is 0 Å². The fraction of sp³-hybridized carbons (Fsp3) is 0.455. The van der Waals surface area contributed by atoms with Crippen LogP contribution in [-0.2, 0) is 6.42 Å². The largest absolute Gasteiger partial charge is 0.494 e. The molecular weight excluding hydrogens is 242 g/mol. The normalized spacial score (nSPS) is 12.6. The molecule has 0 amide bonds. The molecule has 0 fully saturated rings. The predicted molar refractivity (Wildman–Crippen MR) is 62.7 cm³/mol. The first kappa shape index (κ1) is 11.5. The average Bonchev–Trinajstić information content (AvgIpc) is 2.11. The summed E-state index contributed by atoms with van der Waals surface area (Å²) in [6.45, 7) is 4.66. The summed E-state index contributed by atoms with van der Waals surface area (Å²) in [6, 6.07) is 6.11. The van der Waals surface area contributed by atoms with Crippen LogP contribution in [0.1, 0.15) is 19.4 Å². The van der Waals surface area contributed by atoms with Crippen LogP contribution in [-0.4, -0.2) is 12.6 Å². The molecule has 14 heavy (non-hydrogen) atoms. The van der Waals surface area contributed by atoms with Crippen molar-refractivity contribution in [1.82, 2.24) is 0 Å². The summed E-state index contributed by atoms with van der Waals surface area (Å²) in [7, 11) is 0. The van der Waals surface area contributed by atoms with Crippen molar-refractivity contribution < 1.29 is 4.74 Å². The lowest BCUT2D eigenvalue weighted by Crippen LogP contribution is -2.18. The molecule has 0 saturated heterocycles. The van der Waals surface area contributed by atoms with Gasteiger partial charge in [-0.25, -0.2) is 0 Å². The molecule has 1 rings (SSSR count). The Morgan fingerprint density at radius 1 is 1.50 bits per heavy atom. The number of hydrogen-bond acceptors (Lipinski definition) is 2. The Balaban J connectivity index is 2.96. The van der Waals surface area contributed by atoms with E-state index in [-0.39, 0.29) is 6.04 Å². The Hall–Kier alpha value is -0.540. The molecule has 1 aromatic rings. The lowest BCUT2D eigenvalue weighted by Gasteiger charge is -2.13. The number of hydrogen-bond donors (Lipinski definition) is 1. The van der Waals surface area contributed by atoms with Crippen molar-refractivity contribution >= 4 is 15.9 Å². The zero-order chi connectivity index (χ0) is 10.6. The van der Waals surface area contributed by atoms with Crippen LogP contribution in [0.15, 0.2) is 22.7 Å². The van der Waals surface area contributed by atoms with Crippen molar-refractivity contribution in [2.45, 2.75) is 26.3 Å². The van der Waals surface area contributed by atoms with Gasteiger partial charge in [0, 0.05) is 16.1 Å². The number of nitrogens with two attached hydrogens (primary N) is 1. The Bertz CT molecular complexity index is 299. The molecular formula is C11H16BrNO. The van der Waals surface area contributed by atoms with Gasteiger partial charge in [0.15, 0.2) is 0 Å². The van der Waals surface area contributed by atoms with Gasteiger partial charge in [-0.05, 0) is 32.4 Å². The van der Waals surface area contributed by atoms with Crippen LogP contribution >= 0.6 is 15.9 Å². The lowest BCUT2D eigenvalue weighted by molar-refractivity contribution is 0.335. The first-order valence-electron chi connectivity index (χ1n) is 4.81. The minimum absolute atomic E-state index is 0.146. The van der Waals surface area contributed by atoms with Gasteiger partial charge in [0.2, 0.25) is 0 Å². The highest BCUT2D eigenvalue weighted by atomic mass is 79.9. The van der Waals surface area contributed by atoms with E-state index in [1.165, 1.54) is 0 Å². The monoisotopic (exact) mass is 257 g/mol. The second-order valence-corrected chi connectivity index (χ2v) is 4.19. The van der Waals surface area contributed by atoms with E-state index >= 15 is 0 Å². The van der Waals surface area contributed by atoms with Gasteiger partial charge in [-0.2, -0.15) is 0 Å². The fourth-order valence-electron chi connectivity index (χ4n) is 1.35. The van der Waals surface area contributed by atoms with Crippen LogP contribution in [0.4, 0.5) is 0 Å². The van der Waals surface area contributed by atoms with Gasteiger partial charge in [0.05, 0.1) is 6.61 Å². The summed E-state index contributed by atoms with van der Waals surface area (Å²) >= 11 is 3.51. The van der Waals surface area contributed by atoms with Gasteiger partial charge in [-0.3, -0.25) is 0 Å². The molecule has 1 aromatic carbocycles. The van der Waals surface area contributed by atoms with E-state index in [2.05, 4.69) is 15.9 Å². The van der Waals surface area contributed by atoms with Crippen molar-refractivity contribution in [2.75, 3.05) is 6.61 Å². The molecule has 0 saturated carbocycles. The van der Waals surface area contributed by atoms with E-state index in [1.54, 1.807) is 0 Å². The van der Waals surface area contributed by atoms with Gasteiger partial charge in [-0.15, -0.1) is 0 Å². The third kappa shape index (κ3) is 3.00. The van der Waals surface area contributed by atoms with Gasteiger partial charge in [0.25, 0.3) is 0 Å². The van der Waals surface area contributed by atoms with Crippen LogP contribution in [0.2, 0.25) is 0 Å². The zero-order valence-corrected chi connectivity index (χ0v) is 10.2. The highest BCUT2D eigenvalue weighted by Gasteiger charge is 2.09. The molecule has 0 bridgehead atoms. The third-order valence-corrected chi connectivity index (χ3v) is 2.64. The summed E-state index contributed by atoms with van der Waals surface area (Å²) in [4.78, 5) is 0. The molecule has 78 valence electrons. The van der Waals surface area contributed by atoms with Crippen LogP contribution in [0.5, 0.6) is 5.75 Å². The van der Waals surface area contributed by atoms with Gasteiger partial charge in [-0.1, -0.05) is 22.0 Å². The number of halogens is 1. The molecule has 1 atom stereocenters. The van der Waals surface area contributed by atoms with Crippen LogP contribution in [0.3, 0.4) is 0 Å². The number of rotatable bonds is 4.